The van der Waals surface area contributed by atoms with Gasteiger partial charge in [-0.25, -0.2) is 9.97 Å². The van der Waals surface area contributed by atoms with Crippen molar-refractivity contribution in [1.29, 1.82) is 5.26 Å². The van der Waals surface area contributed by atoms with Gasteiger partial charge in [0.05, 0.1) is 29.7 Å². The highest BCUT2D eigenvalue weighted by molar-refractivity contribution is 7.97. The molecule has 0 saturated heterocycles. The zero-order valence-electron chi connectivity index (χ0n) is 16.4. The number of nitriles is 1. The average molecular weight is 417 g/mol. The number of benzene rings is 1. The third-order valence-electron chi connectivity index (χ3n) is 4.19. The molecule has 30 heavy (non-hydrogen) atoms. The maximum Gasteiger partial charge on any atom is 0.169 e. The molecular weight excluding hydrogens is 398 g/mol. The van der Waals surface area contributed by atoms with Crippen LogP contribution in [0.5, 0.6) is 0 Å². The summed E-state index contributed by atoms with van der Waals surface area (Å²) < 4.78 is 1.80. The standard InChI is InChI=1S/C12H9N5OS.C9H10N2/c13-19-10-1-8(2-14-3-10)11-4-16-12-5-15-9(7-18)6-17(11)12;1-11(2)9-5-3-8(7-10)4-6-9/h1-7H,13H2;3-6H,1-2H3. The molecule has 0 aliphatic rings. The number of aromatic nitrogens is 4. The maximum absolute atomic E-state index is 10.8. The molecule has 0 fully saturated rings. The minimum atomic E-state index is 0.351. The molecule has 0 radical (unpaired) electrons. The van der Waals surface area contributed by atoms with Crippen LogP contribution in [0, 0.1) is 11.3 Å². The summed E-state index contributed by atoms with van der Waals surface area (Å²) in [6, 6.07) is 11.5. The molecule has 4 aromatic rings. The van der Waals surface area contributed by atoms with Crippen LogP contribution in [0.1, 0.15) is 16.1 Å². The number of imidazole rings is 1. The second-order valence-electron chi connectivity index (χ2n) is 6.38. The lowest BCUT2D eigenvalue weighted by Crippen LogP contribution is -2.07. The summed E-state index contributed by atoms with van der Waals surface area (Å²) in [5.41, 5.74) is 4.56. The van der Waals surface area contributed by atoms with Gasteiger partial charge in [-0.1, -0.05) is 0 Å². The van der Waals surface area contributed by atoms with Crippen molar-refractivity contribution < 1.29 is 4.79 Å². The first-order chi connectivity index (χ1) is 14.5. The predicted octanol–water partition coefficient (Wildman–Crippen LogP) is 3.19. The summed E-state index contributed by atoms with van der Waals surface area (Å²) in [6.45, 7) is 0. The maximum atomic E-state index is 10.8. The van der Waals surface area contributed by atoms with Crippen LogP contribution in [0.3, 0.4) is 0 Å². The van der Waals surface area contributed by atoms with E-state index in [9.17, 15) is 4.79 Å². The lowest BCUT2D eigenvalue weighted by atomic mass is 10.2. The molecule has 9 heteroatoms. The smallest absolute Gasteiger partial charge is 0.169 e. The first-order valence-electron chi connectivity index (χ1n) is 8.83. The number of carbonyl (C=O) groups is 1. The Morgan fingerprint density at radius 1 is 1.13 bits per heavy atom. The highest BCUT2D eigenvalue weighted by atomic mass is 32.2. The van der Waals surface area contributed by atoms with E-state index in [2.05, 4.69) is 21.0 Å². The fraction of sp³-hybridized carbons (Fsp3) is 0.0952. The number of hydrogen-bond acceptors (Lipinski definition) is 8. The highest BCUT2D eigenvalue weighted by Crippen LogP contribution is 2.23. The number of hydrogen-bond donors (Lipinski definition) is 1. The minimum Gasteiger partial charge on any atom is -0.378 e. The van der Waals surface area contributed by atoms with Gasteiger partial charge in [0.25, 0.3) is 0 Å². The van der Waals surface area contributed by atoms with Gasteiger partial charge >= 0.3 is 0 Å². The van der Waals surface area contributed by atoms with Crippen molar-refractivity contribution >= 4 is 29.6 Å². The Hall–Kier alpha value is -3.74. The third kappa shape index (κ3) is 4.81. The minimum absolute atomic E-state index is 0.351. The van der Waals surface area contributed by atoms with Crippen LogP contribution in [0.4, 0.5) is 5.69 Å². The number of carbonyl (C=O) groups excluding carboxylic acids is 1. The van der Waals surface area contributed by atoms with Crippen LogP contribution in [-0.4, -0.2) is 39.7 Å². The van der Waals surface area contributed by atoms with Gasteiger partial charge in [0.2, 0.25) is 0 Å². The van der Waals surface area contributed by atoms with Gasteiger partial charge in [0, 0.05) is 48.8 Å². The van der Waals surface area contributed by atoms with Crippen molar-refractivity contribution in [2.24, 2.45) is 5.14 Å². The molecule has 0 aliphatic carbocycles. The summed E-state index contributed by atoms with van der Waals surface area (Å²) in [4.78, 5) is 26.0. The van der Waals surface area contributed by atoms with Gasteiger partial charge < -0.3 is 4.90 Å². The molecule has 0 aliphatic heterocycles. The van der Waals surface area contributed by atoms with E-state index in [1.807, 2.05) is 49.3 Å². The van der Waals surface area contributed by atoms with E-state index in [0.29, 0.717) is 23.2 Å². The molecule has 0 unspecified atom stereocenters. The number of anilines is 1. The van der Waals surface area contributed by atoms with Crippen molar-refractivity contribution in [3.05, 3.63) is 72.6 Å². The van der Waals surface area contributed by atoms with Gasteiger partial charge in [0.1, 0.15) is 5.69 Å². The molecule has 0 saturated carbocycles. The molecule has 1 aromatic carbocycles. The summed E-state index contributed by atoms with van der Waals surface area (Å²) in [7, 11) is 3.95. The van der Waals surface area contributed by atoms with Crippen LogP contribution < -0.4 is 10.0 Å². The molecule has 8 nitrogen and oxygen atoms in total. The van der Waals surface area contributed by atoms with E-state index in [1.54, 1.807) is 35.4 Å². The van der Waals surface area contributed by atoms with Gasteiger partial charge in [-0.15, -0.1) is 0 Å². The quantitative estimate of drug-likeness (QED) is 0.398. The molecular formula is C21H19N7OS. The predicted molar refractivity (Wildman–Crippen MR) is 117 cm³/mol. The molecule has 0 atom stereocenters. The van der Waals surface area contributed by atoms with E-state index in [0.717, 1.165) is 33.8 Å². The summed E-state index contributed by atoms with van der Waals surface area (Å²) in [5.74, 6) is 0. The largest absolute Gasteiger partial charge is 0.378 e. The molecule has 3 heterocycles. The van der Waals surface area contributed by atoms with E-state index >= 15 is 0 Å². The SMILES string of the molecule is CN(C)c1ccc(C#N)cc1.NSc1cncc(-c2cnc3cnc(C=O)cn23)c1. The Morgan fingerprint density at radius 3 is 2.53 bits per heavy atom. The first-order valence-corrected chi connectivity index (χ1v) is 9.71. The number of aldehydes is 1. The number of nitrogens with two attached hydrogens (primary N) is 1. The Kier molecular flexibility index (Phi) is 6.75. The first kappa shape index (κ1) is 21.0. The van der Waals surface area contributed by atoms with Crippen LogP contribution in [-0.2, 0) is 0 Å². The zero-order valence-corrected chi connectivity index (χ0v) is 17.2. The van der Waals surface area contributed by atoms with Crippen LogP contribution in [0.25, 0.3) is 16.9 Å². The third-order valence-corrected chi connectivity index (χ3v) is 4.69. The Balaban J connectivity index is 0.000000199. The monoisotopic (exact) mass is 417 g/mol. The van der Waals surface area contributed by atoms with E-state index < -0.39 is 0 Å². The second kappa shape index (κ2) is 9.65. The highest BCUT2D eigenvalue weighted by Gasteiger charge is 2.08. The number of rotatable bonds is 4. The Labute approximate surface area is 178 Å². The van der Waals surface area contributed by atoms with Crippen molar-refractivity contribution in [3.63, 3.8) is 0 Å². The average Bonchev–Trinajstić information content (AvgIpc) is 3.22. The Bertz CT molecular complexity index is 1200. The van der Waals surface area contributed by atoms with Crippen molar-refractivity contribution in [2.75, 3.05) is 19.0 Å². The van der Waals surface area contributed by atoms with Crippen molar-refractivity contribution in [2.45, 2.75) is 4.90 Å². The lowest BCUT2D eigenvalue weighted by molar-refractivity contribution is 0.111. The van der Waals surface area contributed by atoms with E-state index in [1.165, 1.54) is 0 Å². The fourth-order valence-electron chi connectivity index (χ4n) is 2.64. The number of nitrogens with zero attached hydrogens (tertiary/aromatic N) is 6. The van der Waals surface area contributed by atoms with E-state index in [4.69, 9.17) is 10.4 Å². The summed E-state index contributed by atoms with van der Waals surface area (Å²) >= 11 is 1.13. The molecule has 0 bridgehead atoms. The molecule has 0 amide bonds. The normalized spacial score (nSPS) is 10.1. The van der Waals surface area contributed by atoms with Crippen molar-refractivity contribution in [1.82, 2.24) is 19.4 Å². The lowest BCUT2D eigenvalue weighted by Gasteiger charge is -2.11. The number of fused-ring (bicyclic) bond motifs is 1. The molecule has 4 rings (SSSR count). The van der Waals surface area contributed by atoms with Crippen molar-refractivity contribution in [3.8, 4) is 17.3 Å². The molecule has 3 aromatic heterocycles. The molecule has 0 spiro atoms. The van der Waals surface area contributed by atoms with E-state index in [-0.39, 0.29) is 0 Å². The Morgan fingerprint density at radius 2 is 1.90 bits per heavy atom. The van der Waals surface area contributed by atoms with Crippen LogP contribution in [0.2, 0.25) is 0 Å². The number of pyridine rings is 1. The van der Waals surface area contributed by atoms with Crippen LogP contribution >= 0.6 is 11.9 Å². The van der Waals surface area contributed by atoms with Gasteiger partial charge in [-0.3, -0.25) is 19.3 Å². The van der Waals surface area contributed by atoms with Gasteiger partial charge in [-0.2, -0.15) is 5.26 Å². The van der Waals surface area contributed by atoms with Crippen LogP contribution in [0.15, 0.2) is 66.2 Å². The van der Waals surface area contributed by atoms with Gasteiger partial charge in [-0.05, 0) is 42.3 Å². The second-order valence-corrected chi connectivity index (χ2v) is 7.09. The molecule has 2 N–H and O–H groups in total. The summed E-state index contributed by atoms with van der Waals surface area (Å²) in [6.07, 6.45) is 9.04. The summed E-state index contributed by atoms with van der Waals surface area (Å²) in [5, 5.41) is 14.0. The molecule has 150 valence electrons. The van der Waals surface area contributed by atoms with Gasteiger partial charge in [0.15, 0.2) is 11.9 Å². The topological polar surface area (TPSA) is 113 Å². The fourth-order valence-corrected chi connectivity index (χ4v) is 2.95. The zero-order chi connectivity index (χ0) is 21.5.